The first-order valence-electron chi connectivity index (χ1n) is 13.8. The van der Waals surface area contributed by atoms with Crippen molar-refractivity contribution in [3.63, 3.8) is 0 Å². The number of ether oxygens (including phenoxy) is 3. The summed E-state index contributed by atoms with van der Waals surface area (Å²) in [6, 6.07) is 22.6. The second-order valence-electron chi connectivity index (χ2n) is 10.0. The average Bonchev–Trinajstić information content (AvgIpc) is 3.04. The van der Waals surface area contributed by atoms with Crippen LogP contribution in [-0.2, 0) is 13.2 Å². The molecule has 0 saturated carbocycles. The van der Waals surface area contributed by atoms with E-state index in [1.165, 1.54) is 4.90 Å². The molecule has 1 fully saturated rings. The number of nitrogens with zero attached hydrogens (tertiary/aromatic N) is 3. The van der Waals surface area contributed by atoms with Gasteiger partial charge in [-0.15, -0.1) is 0 Å². The fourth-order valence-electron chi connectivity index (χ4n) is 5.10. The molecule has 3 aromatic carbocycles. The number of anilines is 1. The maximum absolute atomic E-state index is 13.8. The average molecular weight is 571 g/mol. The van der Waals surface area contributed by atoms with Gasteiger partial charge in [-0.2, -0.15) is 0 Å². The van der Waals surface area contributed by atoms with E-state index in [2.05, 4.69) is 5.32 Å². The molecule has 1 amide bonds. The van der Waals surface area contributed by atoms with Gasteiger partial charge in [0.25, 0.3) is 5.56 Å². The third kappa shape index (κ3) is 6.49. The van der Waals surface area contributed by atoms with E-state index < -0.39 is 6.09 Å². The first-order valence-corrected chi connectivity index (χ1v) is 13.8. The van der Waals surface area contributed by atoms with E-state index in [9.17, 15) is 14.7 Å². The standard InChI is InChI=1S/C32H34N4O6/c1-40-25-15-14-23(29(17-25)41-2)18-33-30-31(37)36(24-11-8-16-35(19-24)32(38)39)20-27(34-30)26-12-6-7-13-28(26)42-21-22-9-4-3-5-10-22/h3-7,9-10,12-15,17,20,24H,8,11,16,18-19,21H2,1-2H3,(H,33,34)(H,38,39). The molecule has 1 unspecified atom stereocenters. The fraction of sp³-hybridized carbons (Fsp3) is 0.281. The number of hydrogen-bond donors (Lipinski definition) is 2. The lowest BCUT2D eigenvalue weighted by Crippen LogP contribution is -2.42. The van der Waals surface area contributed by atoms with E-state index in [-0.39, 0.29) is 30.5 Å². The first-order chi connectivity index (χ1) is 20.5. The number of nitrogens with one attached hydrogen (secondary N) is 1. The number of rotatable bonds is 10. The van der Waals surface area contributed by atoms with Crippen LogP contribution in [0.15, 0.2) is 83.8 Å². The molecular weight excluding hydrogens is 536 g/mol. The number of aromatic nitrogens is 2. The Morgan fingerprint density at radius 3 is 2.57 bits per heavy atom. The molecule has 1 aliphatic rings. The van der Waals surface area contributed by atoms with Crippen LogP contribution in [0, 0.1) is 0 Å². The molecule has 2 heterocycles. The van der Waals surface area contributed by atoms with Gasteiger partial charge in [0.05, 0.1) is 26.0 Å². The number of carbonyl (C=O) groups is 1. The molecule has 0 aliphatic carbocycles. The van der Waals surface area contributed by atoms with Crippen molar-refractivity contribution in [2.75, 3.05) is 32.6 Å². The molecule has 218 valence electrons. The Morgan fingerprint density at radius 2 is 1.81 bits per heavy atom. The van der Waals surface area contributed by atoms with Crippen molar-refractivity contribution in [1.29, 1.82) is 0 Å². The maximum atomic E-state index is 13.8. The van der Waals surface area contributed by atoms with Gasteiger partial charge < -0.3 is 34.1 Å². The van der Waals surface area contributed by atoms with Gasteiger partial charge in [-0.25, -0.2) is 9.78 Å². The van der Waals surface area contributed by atoms with Crippen molar-refractivity contribution < 1.29 is 24.1 Å². The minimum atomic E-state index is -0.994. The summed E-state index contributed by atoms with van der Waals surface area (Å²) in [6.45, 7) is 1.31. The van der Waals surface area contributed by atoms with Crippen LogP contribution in [0.2, 0.25) is 0 Å². The Bertz CT molecular complexity index is 1590. The Kier molecular flexibility index (Phi) is 8.91. The van der Waals surface area contributed by atoms with Gasteiger partial charge in [0, 0.05) is 43.0 Å². The first kappa shape index (κ1) is 28.5. The van der Waals surface area contributed by atoms with E-state index in [4.69, 9.17) is 19.2 Å². The topological polar surface area (TPSA) is 115 Å². The predicted octanol–water partition coefficient (Wildman–Crippen LogP) is 5.43. The van der Waals surface area contributed by atoms with Crippen LogP contribution in [0.3, 0.4) is 0 Å². The number of piperidine rings is 1. The number of likely N-dealkylation sites (tertiary alicyclic amines) is 1. The van der Waals surface area contributed by atoms with E-state index in [0.29, 0.717) is 48.9 Å². The van der Waals surface area contributed by atoms with Crippen LogP contribution >= 0.6 is 0 Å². The molecule has 0 bridgehead atoms. The van der Waals surface area contributed by atoms with Gasteiger partial charge >= 0.3 is 6.09 Å². The molecule has 10 nitrogen and oxygen atoms in total. The molecule has 1 saturated heterocycles. The third-order valence-electron chi connectivity index (χ3n) is 7.33. The quantitative estimate of drug-likeness (QED) is 0.259. The summed E-state index contributed by atoms with van der Waals surface area (Å²) in [5.74, 6) is 2.04. The zero-order valence-electron chi connectivity index (χ0n) is 23.7. The van der Waals surface area contributed by atoms with Crippen LogP contribution in [0.5, 0.6) is 17.2 Å². The number of amides is 1. The van der Waals surface area contributed by atoms with E-state index in [1.807, 2.05) is 66.7 Å². The fourth-order valence-corrected chi connectivity index (χ4v) is 5.10. The molecular formula is C32H34N4O6. The van der Waals surface area contributed by atoms with E-state index >= 15 is 0 Å². The summed E-state index contributed by atoms with van der Waals surface area (Å²) in [7, 11) is 3.16. The second kappa shape index (κ2) is 13.1. The van der Waals surface area contributed by atoms with Gasteiger partial charge in [0.1, 0.15) is 23.9 Å². The zero-order chi connectivity index (χ0) is 29.5. The van der Waals surface area contributed by atoms with E-state index in [0.717, 1.165) is 16.7 Å². The van der Waals surface area contributed by atoms with Gasteiger partial charge in [-0.3, -0.25) is 4.79 Å². The lowest BCUT2D eigenvalue weighted by Gasteiger charge is -2.32. The van der Waals surface area contributed by atoms with Crippen LogP contribution in [0.25, 0.3) is 11.3 Å². The smallest absolute Gasteiger partial charge is 0.407 e. The number of benzene rings is 3. The Labute approximate surface area is 244 Å². The lowest BCUT2D eigenvalue weighted by molar-refractivity contribution is 0.121. The summed E-state index contributed by atoms with van der Waals surface area (Å²) in [5, 5.41) is 12.8. The highest BCUT2D eigenvalue weighted by Crippen LogP contribution is 2.31. The molecule has 4 aromatic rings. The Morgan fingerprint density at radius 1 is 1.02 bits per heavy atom. The van der Waals surface area contributed by atoms with Crippen LogP contribution in [0.1, 0.15) is 30.0 Å². The predicted molar refractivity (Wildman–Crippen MR) is 159 cm³/mol. The van der Waals surface area contributed by atoms with Crippen molar-refractivity contribution in [3.8, 4) is 28.5 Å². The molecule has 10 heteroatoms. The number of hydrogen-bond acceptors (Lipinski definition) is 7. The summed E-state index contributed by atoms with van der Waals surface area (Å²) < 4.78 is 18.6. The summed E-state index contributed by atoms with van der Waals surface area (Å²) >= 11 is 0. The van der Waals surface area contributed by atoms with Crippen molar-refractivity contribution in [3.05, 3.63) is 100 Å². The highest BCUT2D eigenvalue weighted by molar-refractivity contribution is 5.68. The van der Waals surface area contributed by atoms with Crippen LogP contribution in [-0.4, -0.2) is 53.0 Å². The SMILES string of the molecule is COc1ccc(CNc2nc(-c3ccccc3OCc3ccccc3)cn(C3CCCN(C(=O)O)C3)c2=O)c(OC)c1. The Balaban J connectivity index is 1.52. The molecule has 5 rings (SSSR count). The van der Waals surface area contributed by atoms with Crippen molar-refractivity contribution >= 4 is 11.9 Å². The maximum Gasteiger partial charge on any atom is 0.407 e. The molecule has 1 atom stereocenters. The minimum absolute atomic E-state index is 0.149. The highest BCUT2D eigenvalue weighted by Gasteiger charge is 2.27. The molecule has 1 aliphatic heterocycles. The summed E-state index contributed by atoms with van der Waals surface area (Å²) in [4.78, 5) is 31.6. The molecule has 1 aromatic heterocycles. The number of para-hydroxylation sites is 1. The number of carboxylic acid groups (broad SMARTS) is 1. The van der Waals surface area contributed by atoms with Crippen molar-refractivity contribution in [2.45, 2.75) is 32.0 Å². The molecule has 0 spiro atoms. The Hall–Kier alpha value is -4.99. The lowest BCUT2D eigenvalue weighted by atomic mass is 10.1. The molecule has 42 heavy (non-hydrogen) atoms. The van der Waals surface area contributed by atoms with Crippen molar-refractivity contribution in [1.82, 2.24) is 14.5 Å². The summed E-state index contributed by atoms with van der Waals surface area (Å²) in [6.07, 6.45) is 2.04. The zero-order valence-corrected chi connectivity index (χ0v) is 23.7. The molecule has 2 N–H and O–H groups in total. The van der Waals surface area contributed by atoms with Crippen molar-refractivity contribution in [2.24, 2.45) is 0 Å². The minimum Gasteiger partial charge on any atom is -0.497 e. The van der Waals surface area contributed by atoms with Crippen LogP contribution < -0.4 is 25.1 Å². The van der Waals surface area contributed by atoms with Gasteiger partial charge in [-0.1, -0.05) is 42.5 Å². The van der Waals surface area contributed by atoms with Crippen LogP contribution in [0.4, 0.5) is 10.6 Å². The van der Waals surface area contributed by atoms with Gasteiger partial charge in [0.15, 0.2) is 5.82 Å². The van der Waals surface area contributed by atoms with Gasteiger partial charge in [-0.05, 0) is 42.7 Å². The second-order valence-corrected chi connectivity index (χ2v) is 10.0. The summed E-state index contributed by atoms with van der Waals surface area (Å²) in [5.41, 5.74) is 2.77. The highest BCUT2D eigenvalue weighted by atomic mass is 16.5. The molecule has 0 radical (unpaired) electrons. The van der Waals surface area contributed by atoms with Gasteiger partial charge in [0.2, 0.25) is 0 Å². The normalized spacial score (nSPS) is 14.7. The monoisotopic (exact) mass is 570 g/mol. The number of methoxy groups -OCH3 is 2. The largest absolute Gasteiger partial charge is 0.497 e. The third-order valence-corrected chi connectivity index (χ3v) is 7.33. The van der Waals surface area contributed by atoms with E-state index in [1.54, 1.807) is 31.0 Å².